The summed E-state index contributed by atoms with van der Waals surface area (Å²) in [5.74, 6) is -0.258. The van der Waals surface area contributed by atoms with Gasteiger partial charge in [0.2, 0.25) is 0 Å². The van der Waals surface area contributed by atoms with Gasteiger partial charge in [0.25, 0.3) is 0 Å². The molecule has 0 radical (unpaired) electrons. The van der Waals surface area contributed by atoms with Crippen molar-refractivity contribution in [3.8, 4) is 0 Å². The first-order chi connectivity index (χ1) is 9.40. The maximum Gasteiger partial charge on any atom is 0.307 e. The van der Waals surface area contributed by atoms with Crippen molar-refractivity contribution in [1.29, 1.82) is 0 Å². The highest BCUT2D eigenvalue weighted by molar-refractivity contribution is 5.71. The first kappa shape index (κ1) is 13.1. The lowest BCUT2D eigenvalue weighted by Crippen LogP contribution is -2.42. The molecule has 0 bridgehead atoms. The lowest BCUT2D eigenvalue weighted by Gasteiger charge is -2.38. The molecule has 2 aliphatic heterocycles. The number of hydrogen-bond donors (Lipinski definition) is 1. The van der Waals surface area contributed by atoms with Crippen LogP contribution in [-0.4, -0.2) is 35.0 Å². The van der Waals surface area contributed by atoms with Gasteiger partial charge in [0, 0.05) is 0 Å². The Hall–Kier alpha value is -0.610. The molecule has 4 nitrogen and oxygen atoms in total. The van der Waals surface area contributed by atoms with Crippen LogP contribution in [0.15, 0.2) is 0 Å². The number of carboxylic acids is 1. The third kappa shape index (κ3) is 2.00. The maximum atomic E-state index is 11.6. The standard InChI is InChI=1S/C16H24O4/c1-15(2)8-13-16(20-13,7-10(15)14(17)18)6-9-3-4-11-12(5-9)19-11/h9-13H,3-8H2,1-2H3,(H,17,18). The van der Waals surface area contributed by atoms with E-state index in [2.05, 4.69) is 13.8 Å². The average molecular weight is 280 g/mol. The van der Waals surface area contributed by atoms with E-state index < -0.39 is 5.97 Å². The molecule has 2 saturated carbocycles. The largest absolute Gasteiger partial charge is 0.481 e. The minimum atomic E-state index is -0.655. The van der Waals surface area contributed by atoms with Gasteiger partial charge in [0.1, 0.15) is 0 Å². The van der Waals surface area contributed by atoms with E-state index in [1.54, 1.807) is 0 Å². The van der Waals surface area contributed by atoms with Crippen LogP contribution in [0.5, 0.6) is 0 Å². The van der Waals surface area contributed by atoms with Crippen molar-refractivity contribution in [2.24, 2.45) is 17.3 Å². The number of epoxide rings is 2. The monoisotopic (exact) mass is 280 g/mol. The normalized spacial score (nSPS) is 51.8. The van der Waals surface area contributed by atoms with Crippen LogP contribution in [-0.2, 0) is 14.3 Å². The van der Waals surface area contributed by atoms with E-state index in [0.717, 1.165) is 19.3 Å². The van der Waals surface area contributed by atoms with Gasteiger partial charge in [-0.3, -0.25) is 4.79 Å². The number of carboxylic acid groups (broad SMARTS) is 1. The first-order valence-corrected chi connectivity index (χ1v) is 7.96. The third-order valence-corrected chi connectivity index (χ3v) is 6.16. The van der Waals surface area contributed by atoms with Crippen molar-refractivity contribution in [2.75, 3.05) is 0 Å². The van der Waals surface area contributed by atoms with E-state index in [-0.39, 0.29) is 16.9 Å². The molecule has 20 heavy (non-hydrogen) atoms. The van der Waals surface area contributed by atoms with Crippen molar-refractivity contribution in [3.63, 3.8) is 0 Å². The topological polar surface area (TPSA) is 62.4 Å². The molecule has 1 N–H and O–H groups in total. The van der Waals surface area contributed by atoms with Gasteiger partial charge < -0.3 is 14.6 Å². The third-order valence-electron chi connectivity index (χ3n) is 6.16. The van der Waals surface area contributed by atoms with Crippen molar-refractivity contribution < 1.29 is 19.4 Å². The second-order valence-corrected chi connectivity index (χ2v) is 8.06. The molecule has 0 aromatic carbocycles. The quantitative estimate of drug-likeness (QED) is 0.807. The van der Waals surface area contributed by atoms with E-state index in [0.29, 0.717) is 30.7 Å². The lowest BCUT2D eigenvalue weighted by molar-refractivity contribution is -0.148. The first-order valence-electron chi connectivity index (χ1n) is 7.96. The molecule has 2 aliphatic carbocycles. The minimum absolute atomic E-state index is 0.120. The molecule has 4 fully saturated rings. The summed E-state index contributed by atoms with van der Waals surface area (Å²) < 4.78 is 11.6. The lowest BCUT2D eigenvalue weighted by atomic mass is 9.63. The van der Waals surface area contributed by atoms with Crippen LogP contribution in [0.2, 0.25) is 0 Å². The number of aliphatic carboxylic acids is 1. The Morgan fingerprint density at radius 2 is 2.05 bits per heavy atom. The van der Waals surface area contributed by atoms with E-state index in [1.807, 2.05) is 0 Å². The van der Waals surface area contributed by atoms with E-state index in [4.69, 9.17) is 9.47 Å². The summed E-state index contributed by atoms with van der Waals surface area (Å²) in [6.45, 7) is 4.14. The molecule has 2 heterocycles. The Balaban J connectivity index is 1.45. The number of ether oxygens (including phenoxy) is 2. The Morgan fingerprint density at radius 3 is 2.75 bits per heavy atom. The molecule has 112 valence electrons. The molecule has 0 amide bonds. The zero-order valence-corrected chi connectivity index (χ0v) is 12.3. The van der Waals surface area contributed by atoms with Crippen LogP contribution >= 0.6 is 0 Å². The molecule has 6 atom stereocenters. The van der Waals surface area contributed by atoms with Gasteiger partial charge in [-0.25, -0.2) is 0 Å². The summed E-state index contributed by atoms with van der Waals surface area (Å²) in [6, 6.07) is 0. The molecule has 4 heteroatoms. The van der Waals surface area contributed by atoms with Crippen molar-refractivity contribution in [3.05, 3.63) is 0 Å². The summed E-state index contributed by atoms with van der Waals surface area (Å²) in [5.41, 5.74) is -0.265. The molecule has 4 aliphatic rings. The van der Waals surface area contributed by atoms with Gasteiger partial charge >= 0.3 is 5.97 Å². The van der Waals surface area contributed by atoms with E-state index in [9.17, 15) is 9.90 Å². The molecule has 0 aromatic heterocycles. The zero-order chi connectivity index (χ0) is 14.1. The van der Waals surface area contributed by atoms with Crippen molar-refractivity contribution >= 4 is 5.97 Å². The summed E-state index contributed by atoms with van der Waals surface area (Å²) in [6.07, 6.45) is 7.53. The highest BCUT2D eigenvalue weighted by atomic mass is 16.6. The molecular weight excluding hydrogens is 256 g/mol. The van der Waals surface area contributed by atoms with Gasteiger partial charge in [0.05, 0.1) is 29.8 Å². The smallest absolute Gasteiger partial charge is 0.307 e. The molecule has 6 unspecified atom stereocenters. The molecular formula is C16H24O4. The Labute approximate surface area is 119 Å². The fraction of sp³-hybridized carbons (Fsp3) is 0.938. The highest BCUT2D eigenvalue weighted by Gasteiger charge is 2.65. The van der Waals surface area contributed by atoms with Crippen LogP contribution < -0.4 is 0 Å². The van der Waals surface area contributed by atoms with E-state index in [1.165, 1.54) is 12.8 Å². The van der Waals surface area contributed by atoms with Gasteiger partial charge in [0.15, 0.2) is 0 Å². The Morgan fingerprint density at radius 1 is 1.25 bits per heavy atom. The van der Waals surface area contributed by atoms with Crippen molar-refractivity contribution in [1.82, 2.24) is 0 Å². The van der Waals surface area contributed by atoms with Crippen LogP contribution in [0.25, 0.3) is 0 Å². The van der Waals surface area contributed by atoms with Crippen LogP contribution in [0.1, 0.15) is 52.4 Å². The van der Waals surface area contributed by atoms with Gasteiger partial charge in [-0.05, 0) is 49.9 Å². The van der Waals surface area contributed by atoms with E-state index >= 15 is 0 Å². The number of hydrogen-bond acceptors (Lipinski definition) is 3. The average Bonchev–Trinajstić information content (AvgIpc) is 3.22. The fourth-order valence-electron chi connectivity index (χ4n) is 4.74. The van der Waals surface area contributed by atoms with Crippen LogP contribution in [0.4, 0.5) is 0 Å². The highest BCUT2D eigenvalue weighted by Crippen LogP contribution is 2.60. The maximum absolute atomic E-state index is 11.6. The molecule has 4 rings (SSSR count). The second kappa shape index (κ2) is 3.98. The molecule has 2 saturated heterocycles. The Bertz CT molecular complexity index is 446. The summed E-state index contributed by atoms with van der Waals surface area (Å²) in [7, 11) is 0. The minimum Gasteiger partial charge on any atom is -0.481 e. The van der Waals surface area contributed by atoms with Crippen molar-refractivity contribution in [2.45, 2.75) is 76.3 Å². The van der Waals surface area contributed by atoms with Gasteiger partial charge in [-0.1, -0.05) is 13.8 Å². The predicted molar refractivity (Wildman–Crippen MR) is 72.4 cm³/mol. The van der Waals surface area contributed by atoms with Crippen LogP contribution in [0, 0.1) is 17.3 Å². The number of carbonyl (C=O) groups is 1. The second-order valence-electron chi connectivity index (χ2n) is 8.06. The summed E-state index contributed by atoms with van der Waals surface area (Å²) >= 11 is 0. The molecule has 0 spiro atoms. The predicted octanol–water partition coefficient (Wildman–Crippen LogP) is 2.60. The Kier molecular flexibility index (Phi) is 2.60. The van der Waals surface area contributed by atoms with Crippen LogP contribution in [0.3, 0.4) is 0 Å². The molecule has 0 aromatic rings. The zero-order valence-electron chi connectivity index (χ0n) is 12.3. The summed E-state index contributed by atoms with van der Waals surface area (Å²) in [4.78, 5) is 11.6. The van der Waals surface area contributed by atoms with Gasteiger partial charge in [-0.15, -0.1) is 0 Å². The number of rotatable bonds is 3. The SMILES string of the molecule is CC1(C)CC2OC2(CC2CCC3OC3C2)CC1C(=O)O. The number of fused-ring (bicyclic) bond motifs is 2. The fourth-order valence-corrected chi connectivity index (χ4v) is 4.74. The van der Waals surface area contributed by atoms with Gasteiger partial charge in [-0.2, -0.15) is 0 Å². The summed E-state index contributed by atoms with van der Waals surface area (Å²) in [5, 5.41) is 9.50.